The molecule has 2 saturated heterocycles. The second-order valence-corrected chi connectivity index (χ2v) is 6.75. The number of carbonyl (C=O) groups excluding carboxylic acids is 1. The first-order valence-corrected chi connectivity index (χ1v) is 8.58. The van der Waals surface area contributed by atoms with Gasteiger partial charge in [-0.1, -0.05) is 0 Å². The number of aromatic nitrogens is 4. The first-order valence-electron chi connectivity index (χ1n) is 8.58. The van der Waals surface area contributed by atoms with Crippen molar-refractivity contribution in [1.29, 1.82) is 0 Å². The van der Waals surface area contributed by atoms with Crippen molar-refractivity contribution < 1.29 is 14.3 Å². The monoisotopic (exact) mass is 363 g/mol. The summed E-state index contributed by atoms with van der Waals surface area (Å²) >= 11 is 0. The quantitative estimate of drug-likeness (QED) is 0.664. The minimum Gasteiger partial charge on any atom is -0.347 e. The third kappa shape index (κ3) is 2.56. The summed E-state index contributed by atoms with van der Waals surface area (Å²) in [7, 11) is 3.22. The summed E-state index contributed by atoms with van der Waals surface area (Å²) in [6.45, 7) is 1.80. The van der Waals surface area contributed by atoms with Gasteiger partial charge < -0.3 is 18.9 Å². The molecule has 0 aromatic carbocycles. The number of piperidine rings is 1. The molecule has 0 aliphatic carbocycles. The lowest BCUT2D eigenvalue weighted by Crippen LogP contribution is -2.50. The lowest BCUT2D eigenvalue weighted by atomic mass is 10.0. The summed E-state index contributed by atoms with van der Waals surface area (Å²) in [6.07, 6.45) is 2.65. The number of ether oxygens (including phenoxy) is 2. The van der Waals surface area contributed by atoms with Gasteiger partial charge in [0.25, 0.3) is 5.56 Å². The molecule has 0 saturated carbocycles. The first kappa shape index (κ1) is 17.0. The highest BCUT2D eigenvalue weighted by Crippen LogP contribution is 2.31. The number of fused-ring (bicyclic) bond motifs is 1. The average molecular weight is 363 g/mol. The Balaban J connectivity index is 1.58. The molecular formula is C16H21N5O5. The van der Waals surface area contributed by atoms with Crippen LogP contribution in [0.4, 0.5) is 0 Å². The number of carbonyl (C=O) groups is 1. The Morgan fingerprint density at radius 2 is 1.85 bits per heavy atom. The molecule has 2 aliphatic heterocycles. The van der Waals surface area contributed by atoms with Crippen LogP contribution in [0, 0.1) is 0 Å². The van der Waals surface area contributed by atoms with E-state index in [4.69, 9.17) is 9.47 Å². The van der Waals surface area contributed by atoms with E-state index in [1.807, 2.05) is 0 Å². The highest BCUT2D eigenvalue weighted by Gasteiger charge is 2.40. The fourth-order valence-corrected chi connectivity index (χ4v) is 3.65. The van der Waals surface area contributed by atoms with E-state index in [2.05, 4.69) is 4.98 Å². The molecule has 1 amide bonds. The van der Waals surface area contributed by atoms with Crippen LogP contribution in [0.3, 0.4) is 0 Å². The smallest absolute Gasteiger partial charge is 0.332 e. The number of nitrogens with zero attached hydrogens (tertiary/aromatic N) is 5. The Morgan fingerprint density at radius 3 is 2.50 bits per heavy atom. The average Bonchev–Trinajstić information content (AvgIpc) is 3.24. The molecule has 0 N–H and O–H groups in total. The molecule has 26 heavy (non-hydrogen) atoms. The molecule has 2 aliphatic rings. The van der Waals surface area contributed by atoms with E-state index >= 15 is 0 Å². The van der Waals surface area contributed by atoms with Crippen LogP contribution in [0.1, 0.15) is 12.8 Å². The molecule has 2 aromatic rings. The van der Waals surface area contributed by atoms with Crippen molar-refractivity contribution in [3.8, 4) is 0 Å². The van der Waals surface area contributed by atoms with Crippen LogP contribution in [0.5, 0.6) is 0 Å². The van der Waals surface area contributed by atoms with E-state index < -0.39 is 17.0 Å². The van der Waals surface area contributed by atoms with E-state index in [0.717, 1.165) is 4.57 Å². The van der Waals surface area contributed by atoms with Gasteiger partial charge in [0.05, 0.1) is 19.5 Å². The van der Waals surface area contributed by atoms with Gasteiger partial charge in [0.1, 0.15) is 6.54 Å². The molecule has 140 valence electrons. The third-order valence-electron chi connectivity index (χ3n) is 5.19. The van der Waals surface area contributed by atoms with E-state index in [1.54, 1.807) is 16.5 Å². The molecule has 2 fully saturated rings. The number of likely N-dealkylation sites (tertiary alicyclic amines) is 1. The van der Waals surface area contributed by atoms with Crippen molar-refractivity contribution in [2.24, 2.45) is 14.1 Å². The lowest BCUT2D eigenvalue weighted by molar-refractivity contribution is -0.187. The number of hydrogen-bond donors (Lipinski definition) is 0. The zero-order valence-corrected chi connectivity index (χ0v) is 14.8. The topological polar surface area (TPSA) is 101 Å². The molecule has 10 nitrogen and oxygen atoms in total. The maximum atomic E-state index is 12.7. The maximum Gasteiger partial charge on any atom is 0.332 e. The van der Waals surface area contributed by atoms with Gasteiger partial charge in [-0.25, -0.2) is 14.3 Å². The summed E-state index contributed by atoms with van der Waals surface area (Å²) in [5.74, 6) is -0.837. The van der Waals surface area contributed by atoms with Crippen LogP contribution >= 0.6 is 0 Å². The van der Waals surface area contributed by atoms with Crippen LogP contribution in [0.25, 0.3) is 11.2 Å². The summed E-state index contributed by atoms with van der Waals surface area (Å²) in [5, 5.41) is 0. The lowest BCUT2D eigenvalue weighted by Gasteiger charge is -2.37. The van der Waals surface area contributed by atoms with E-state index in [9.17, 15) is 14.4 Å². The first-order chi connectivity index (χ1) is 12.4. The predicted octanol–water partition coefficient (Wildman–Crippen LogP) is -1.20. The highest BCUT2D eigenvalue weighted by molar-refractivity contribution is 5.77. The minimum atomic E-state index is -0.572. The van der Waals surface area contributed by atoms with E-state index in [-0.39, 0.29) is 12.5 Å². The Kier molecular flexibility index (Phi) is 3.96. The molecule has 0 bridgehead atoms. The van der Waals surface area contributed by atoms with Crippen LogP contribution < -0.4 is 11.2 Å². The SMILES string of the molecule is Cn1cnc2c1c(=O)n(CC(=O)N1CCC3(CC1)OCCO3)c(=O)n2C. The van der Waals surface area contributed by atoms with Crippen molar-refractivity contribution in [3.05, 3.63) is 27.2 Å². The van der Waals surface area contributed by atoms with Gasteiger partial charge in [-0.05, 0) is 0 Å². The normalized spacial score (nSPS) is 19.5. The Morgan fingerprint density at radius 1 is 1.19 bits per heavy atom. The highest BCUT2D eigenvalue weighted by atomic mass is 16.7. The number of imidazole rings is 1. The van der Waals surface area contributed by atoms with E-state index in [0.29, 0.717) is 50.3 Å². The van der Waals surface area contributed by atoms with Crippen molar-refractivity contribution >= 4 is 17.1 Å². The summed E-state index contributed by atoms with van der Waals surface area (Å²) < 4.78 is 15.1. The molecule has 4 rings (SSSR count). The summed E-state index contributed by atoms with van der Waals surface area (Å²) in [6, 6.07) is 0. The predicted molar refractivity (Wildman–Crippen MR) is 90.7 cm³/mol. The second-order valence-electron chi connectivity index (χ2n) is 6.75. The van der Waals surface area contributed by atoms with Crippen molar-refractivity contribution in [1.82, 2.24) is 23.6 Å². The Bertz CT molecular complexity index is 971. The van der Waals surface area contributed by atoms with Crippen molar-refractivity contribution in [3.63, 3.8) is 0 Å². The van der Waals surface area contributed by atoms with Gasteiger partial charge >= 0.3 is 5.69 Å². The fourth-order valence-electron chi connectivity index (χ4n) is 3.65. The molecule has 2 aromatic heterocycles. The van der Waals surface area contributed by atoms with Crippen LogP contribution in [-0.2, 0) is 34.9 Å². The van der Waals surface area contributed by atoms with Gasteiger partial charge in [-0.3, -0.25) is 14.2 Å². The van der Waals surface area contributed by atoms with Gasteiger partial charge in [0.2, 0.25) is 5.91 Å². The number of amides is 1. The molecule has 4 heterocycles. The van der Waals surface area contributed by atoms with Gasteiger partial charge in [-0.2, -0.15) is 0 Å². The number of rotatable bonds is 2. The molecule has 0 radical (unpaired) electrons. The third-order valence-corrected chi connectivity index (χ3v) is 5.19. The standard InChI is InChI=1S/C16H21N5O5/c1-18-10-17-13-12(18)14(23)21(15(24)19(13)2)9-11(22)20-5-3-16(4-6-20)25-7-8-26-16/h10H,3-9H2,1-2H3. The maximum absolute atomic E-state index is 12.7. The minimum absolute atomic E-state index is 0.265. The number of hydrogen-bond acceptors (Lipinski definition) is 6. The van der Waals surface area contributed by atoms with Gasteiger partial charge in [0, 0.05) is 40.0 Å². The Hall–Kier alpha value is -2.46. The molecule has 0 unspecified atom stereocenters. The zero-order valence-electron chi connectivity index (χ0n) is 14.8. The zero-order chi connectivity index (χ0) is 18.5. The molecule has 10 heteroatoms. The van der Waals surface area contributed by atoms with Crippen molar-refractivity contribution in [2.45, 2.75) is 25.2 Å². The van der Waals surface area contributed by atoms with Gasteiger partial charge in [-0.15, -0.1) is 0 Å². The van der Waals surface area contributed by atoms with Gasteiger partial charge in [0.15, 0.2) is 17.0 Å². The molecule has 1 spiro atoms. The van der Waals surface area contributed by atoms with Crippen LogP contribution in [0.15, 0.2) is 15.9 Å². The Labute approximate surface area is 148 Å². The van der Waals surface area contributed by atoms with Crippen LogP contribution in [0.2, 0.25) is 0 Å². The summed E-state index contributed by atoms with van der Waals surface area (Å²) in [4.78, 5) is 43.6. The van der Waals surface area contributed by atoms with E-state index in [1.165, 1.54) is 17.9 Å². The van der Waals surface area contributed by atoms with Crippen LogP contribution in [-0.4, -0.2) is 61.6 Å². The molecule has 0 atom stereocenters. The van der Waals surface area contributed by atoms with Crippen molar-refractivity contribution in [2.75, 3.05) is 26.3 Å². The fraction of sp³-hybridized carbons (Fsp3) is 0.625. The largest absolute Gasteiger partial charge is 0.347 e. The second kappa shape index (κ2) is 6.06. The molecular weight excluding hydrogens is 342 g/mol. The number of aryl methyl sites for hydroxylation is 2. The summed E-state index contributed by atoms with van der Waals surface area (Å²) in [5.41, 5.74) is -0.454.